The van der Waals surface area contributed by atoms with Gasteiger partial charge in [-0.25, -0.2) is 18.4 Å². The average Bonchev–Trinajstić information content (AvgIpc) is 3.12. The van der Waals surface area contributed by atoms with E-state index in [4.69, 9.17) is 4.42 Å². The monoisotopic (exact) mass is 397 g/mol. The summed E-state index contributed by atoms with van der Waals surface area (Å²) in [5.74, 6) is 0.323. The molecule has 0 saturated heterocycles. The lowest BCUT2D eigenvalue weighted by molar-refractivity contribution is -0.141. The summed E-state index contributed by atoms with van der Waals surface area (Å²) in [6.45, 7) is 0.147. The Balaban J connectivity index is 1.97. The Labute approximate surface area is 153 Å². The van der Waals surface area contributed by atoms with Crippen molar-refractivity contribution in [2.75, 3.05) is 11.6 Å². The van der Waals surface area contributed by atoms with Crippen molar-refractivity contribution in [1.82, 2.24) is 9.97 Å². The average molecular weight is 397 g/mol. The van der Waals surface area contributed by atoms with Gasteiger partial charge in [0.2, 0.25) is 0 Å². The topological polar surface area (TPSA) is 85.1 Å². The van der Waals surface area contributed by atoms with Gasteiger partial charge in [-0.3, -0.25) is 0 Å². The Morgan fingerprint density at radius 2 is 1.81 bits per heavy atom. The second-order valence-electron chi connectivity index (χ2n) is 5.69. The maximum atomic E-state index is 13.2. The molecule has 0 spiro atoms. The van der Waals surface area contributed by atoms with E-state index in [0.717, 1.165) is 12.3 Å². The first-order chi connectivity index (χ1) is 12.6. The van der Waals surface area contributed by atoms with Crippen molar-refractivity contribution >= 4 is 15.7 Å². The number of aromatic nitrogens is 2. The van der Waals surface area contributed by atoms with E-state index in [-0.39, 0.29) is 28.6 Å². The van der Waals surface area contributed by atoms with Gasteiger partial charge in [0, 0.05) is 17.9 Å². The predicted octanol–water partition coefficient (Wildman–Crippen LogP) is 3.77. The van der Waals surface area contributed by atoms with Crippen LogP contribution in [0.15, 0.2) is 58.0 Å². The lowest BCUT2D eigenvalue weighted by atomic mass is 10.2. The van der Waals surface area contributed by atoms with Crippen LogP contribution in [0.4, 0.5) is 19.0 Å². The third kappa shape index (κ3) is 4.64. The van der Waals surface area contributed by atoms with Gasteiger partial charge in [-0.1, -0.05) is 0 Å². The van der Waals surface area contributed by atoms with E-state index in [9.17, 15) is 21.6 Å². The number of benzene rings is 1. The Morgan fingerprint density at radius 1 is 1.11 bits per heavy atom. The molecule has 0 saturated carbocycles. The molecule has 1 N–H and O–H groups in total. The van der Waals surface area contributed by atoms with Crippen LogP contribution < -0.4 is 5.32 Å². The van der Waals surface area contributed by atoms with E-state index >= 15 is 0 Å². The predicted molar refractivity (Wildman–Crippen MR) is 91.6 cm³/mol. The van der Waals surface area contributed by atoms with E-state index in [2.05, 4.69) is 15.3 Å². The number of nitrogens with zero attached hydrogens (tertiary/aromatic N) is 2. The van der Waals surface area contributed by atoms with Crippen LogP contribution in [-0.4, -0.2) is 24.6 Å². The molecule has 3 aromatic rings. The minimum absolute atomic E-state index is 0.0316. The fourth-order valence-corrected chi connectivity index (χ4v) is 2.88. The molecule has 6 nitrogen and oxygen atoms in total. The van der Waals surface area contributed by atoms with Gasteiger partial charge in [-0.05, 0) is 36.4 Å². The highest BCUT2D eigenvalue weighted by Gasteiger charge is 2.33. The number of sulfone groups is 1. The second-order valence-corrected chi connectivity index (χ2v) is 7.70. The van der Waals surface area contributed by atoms with Gasteiger partial charge >= 0.3 is 6.18 Å². The molecule has 10 heteroatoms. The van der Waals surface area contributed by atoms with Gasteiger partial charge in [-0.15, -0.1) is 0 Å². The minimum atomic E-state index is -4.66. The van der Waals surface area contributed by atoms with Crippen molar-refractivity contribution in [3.8, 4) is 11.4 Å². The minimum Gasteiger partial charge on any atom is -0.467 e. The van der Waals surface area contributed by atoms with E-state index in [1.165, 1.54) is 30.5 Å². The molecule has 0 fully saturated rings. The highest BCUT2D eigenvalue weighted by atomic mass is 32.2. The molecule has 0 unspecified atom stereocenters. The van der Waals surface area contributed by atoms with Crippen LogP contribution in [0.25, 0.3) is 11.4 Å². The molecule has 0 aliphatic carbocycles. The van der Waals surface area contributed by atoms with Gasteiger partial charge < -0.3 is 9.73 Å². The first-order valence-electron chi connectivity index (χ1n) is 7.66. The highest BCUT2D eigenvalue weighted by molar-refractivity contribution is 7.90. The van der Waals surface area contributed by atoms with E-state index < -0.39 is 21.7 Å². The molecule has 1 aromatic carbocycles. The fourth-order valence-electron chi connectivity index (χ4n) is 2.25. The Kier molecular flexibility index (Phi) is 4.92. The number of rotatable bonds is 5. The smallest absolute Gasteiger partial charge is 0.433 e. The molecular formula is C17H14F3N3O3S. The molecule has 0 radical (unpaired) electrons. The molecule has 2 aromatic heterocycles. The summed E-state index contributed by atoms with van der Waals surface area (Å²) in [6, 6.07) is 9.45. The fraction of sp³-hybridized carbons (Fsp3) is 0.176. The number of hydrogen-bond donors (Lipinski definition) is 1. The zero-order chi connectivity index (χ0) is 19.7. The largest absolute Gasteiger partial charge is 0.467 e. The molecule has 0 bridgehead atoms. The molecule has 27 heavy (non-hydrogen) atoms. The van der Waals surface area contributed by atoms with Crippen LogP contribution in [0.2, 0.25) is 0 Å². The maximum absolute atomic E-state index is 13.2. The Bertz CT molecular complexity index is 1030. The van der Waals surface area contributed by atoms with Gasteiger partial charge in [0.15, 0.2) is 21.4 Å². The zero-order valence-electron chi connectivity index (χ0n) is 14.0. The third-order valence-corrected chi connectivity index (χ3v) is 4.71. The number of hydrogen-bond acceptors (Lipinski definition) is 6. The van der Waals surface area contributed by atoms with Crippen molar-refractivity contribution in [3.05, 3.63) is 60.2 Å². The molecule has 0 aliphatic rings. The first kappa shape index (κ1) is 18.9. The molecule has 0 amide bonds. The van der Waals surface area contributed by atoms with E-state index in [1.54, 1.807) is 12.1 Å². The van der Waals surface area contributed by atoms with Crippen molar-refractivity contribution in [3.63, 3.8) is 0 Å². The summed E-state index contributed by atoms with van der Waals surface area (Å²) < 4.78 is 67.7. The van der Waals surface area contributed by atoms with Gasteiger partial charge in [0.1, 0.15) is 11.6 Å². The van der Waals surface area contributed by atoms with Crippen LogP contribution in [0.3, 0.4) is 0 Å². The number of anilines is 1. The number of halogens is 3. The van der Waals surface area contributed by atoms with Crippen molar-refractivity contribution in [2.45, 2.75) is 17.6 Å². The summed E-state index contributed by atoms with van der Waals surface area (Å²) >= 11 is 0. The second kappa shape index (κ2) is 7.03. The summed E-state index contributed by atoms with van der Waals surface area (Å²) in [5, 5.41) is 2.76. The maximum Gasteiger partial charge on any atom is 0.433 e. The molecule has 3 rings (SSSR count). The quantitative estimate of drug-likeness (QED) is 0.705. The van der Waals surface area contributed by atoms with Crippen LogP contribution in [-0.2, 0) is 22.6 Å². The number of alkyl halides is 3. The zero-order valence-corrected chi connectivity index (χ0v) is 14.8. The van der Waals surface area contributed by atoms with Gasteiger partial charge in [0.05, 0.1) is 17.7 Å². The molecule has 2 heterocycles. The van der Waals surface area contributed by atoms with Gasteiger partial charge in [0.25, 0.3) is 0 Å². The molecular weight excluding hydrogens is 383 g/mol. The molecule has 142 valence electrons. The van der Waals surface area contributed by atoms with Crippen LogP contribution in [0.5, 0.6) is 0 Å². The van der Waals surface area contributed by atoms with Crippen LogP contribution in [0.1, 0.15) is 11.5 Å². The SMILES string of the molecule is CS(=O)(=O)c1ccc(-c2nc(NCc3ccco3)cc(C(F)(F)F)n2)cc1. The van der Waals surface area contributed by atoms with Crippen molar-refractivity contribution in [1.29, 1.82) is 0 Å². The molecule has 0 atom stereocenters. The van der Waals surface area contributed by atoms with Crippen LogP contribution >= 0.6 is 0 Å². The lowest BCUT2D eigenvalue weighted by Gasteiger charge is -2.12. The summed E-state index contributed by atoms with van der Waals surface area (Å²) in [6.07, 6.45) is -2.17. The molecule has 0 aliphatic heterocycles. The third-order valence-electron chi connectivity index (χ3n) is 3.58. The number of furan rings is 1. The van der Waals surface area contributed by atoms with E-state index in [0.29, 0.717) is 5.76 Å². The van der Waals surface area contributed by atoms with Crippen molar-refractivity contribution < 1.29 is 26.0 Å². The Hall–Kier alpha value is -2.88. The summed E-state index contributed by atoms with van der Waals surface area (Å²) in [7, 11) is -3.42. The summed E-state index contributed by atoms with van der Waals surface area (Å²) in [4.78, 5) is 7.71. The summed E-state index contributed by atoms with van der Waals surface area (Å²) in [5.41, 5.74) is -0.851. The standard InChI is InChI=1S/C17H14F3N3O3S/c1-27(24,25)13-6-4-11(5-7-13)16-22-14(17(18,19)20)9-15(23-16)21-10-12-3-2-8-26-12/h2-9H,10H2,1H3,(H,21,22,23). The lowest BCUT2D eigenvalue weighted by Crippen LogP contribution is -2.12. The van der Waals surface area contributed by atoms with Crippen LogP contribution in [0, 0.1) is 0 Å². The van der Waals surface area contributed by atoms with E-state index in [1.807, 2.05) is 0 Å². The normalized spacial score (nSPS) is 12.1. The first-order valence-corrected chi connectivity index (χ1v) is 9.55. The van der Waals surface area contributed by atoms with Crippen molar-refractivity contribution in [2.24, 2.45) is 0 Å². The number of nitrogens with one attached hydrogen (secondary N) is 1. The Morgan fingerprint density at radius 3 is 2.37 bits per heavy atom. The highest BCUT2D eigenvalue weighted by Crippen LogP contribution is 2.31. The van der Waals surface area contributed by atoms with Gasteiger partial charge in [-0.2, -0.15) is 13.2 Å².